The van der Waals surface area contributed by atoms with Crippen molar-refractivity contribution in [2.75, 3.05) is 24.5 Å². The highest BCUT2D eigenvalue weighted by Gasteiger charge is 2.18. The molecule has 0 saturated carbocycles. The first-order chi connectivity index (χ1) is 9.40. The number of hydrogen-bond donors (Lipinski definition) is 2. The summed E-state index contributed by atoms with van der Waals surface area (Å²) in [7, 11) is 0. The monoisotopic (exact) mass is 282 g/mol. The summed E-state index contributed by atoms with van der Waals surface area (Å²) in [6.07, 6.45) is -0.789. The summed E-state index contributed by atoms with van der Waals surface area (Å²) >= 11 is 0. The van der Waals surface area contributed by atoms with Crippen LogP contribution in [0.25, 0.3) is 0 Å². The summed E-state index contributed by atoms with van der Waals surface area (Å²) in [5, 5.41) is 12.5. The van der Waals surface area contributed by atoms with Gasteiger partial charge in [-0.25, -0.2) is 4.39 Å². The maximum absolute atomic E-state index is 13.7. The Kier molecular flexibility index (Phi) is 5.95. The van der Waals surface area contributed by atoms with E-state index >= 15 is 0 Å². The molecule has 0 aliphatic heterocycles. The molecule has 5 heteroatoms. The van der Waals surface area contributed by atoms with E-state index in [1.807, 2.05) is 18.7 Å². The number of aliphatic hydroxyl groups is 1. The lowest BCUT2D eigenvalue weighted by Gasteiger charge is -2.26. The number of rotatable bonds is 6. The number of amides is 1. The third-order valence-electron chi connectivity index (χ3n) is 3.19. The van der Waals surface area contributed by atoms with Crippen LogP contribution < -0.4 is 10.2 Å². The van der Waals surface area contributed by atoms with Crippen LogP contribution in [0.5, 0.6) is 0 Å². The molecule has 1 rings (SSSR count). The normalized spacial score (nSPS) is 12.1. The lowest BCUT2D eigenvalue weighted by molar-refractivity contribution is -0.119. The SMILES string of the molecule is CCNC(=O)CN(CC)c1cc(C)c(F)cc1C(C)O. The topological polar surface area (TPSA) is 52.6 Å². The Morgan fingerprint density at radius 2 is 2.10 bits per heavy atom. The highest BCUT2D eigenvalue weighted by molar-refractivity contribution is 5.81. The van der Waals surface area contributed by atoms with Crippen LogP contribution in [0.4, 0.5) is 10.1 Å². The number of aryl methyl sites for hydroxylation is 1. The molecule has 20 heavy (non-hydrogen) atoms. The smallest absolute Gasteiger partial charge is 0.239 e. The Balaban J connectivity index is 3.13. The summed E-state index contributed by atoms with van der Waals surface area (Å²) in [4.78, 5) is 13.6. The Hall–Kier alpha value is -1.62. The average molecular weight is 282 g/mol. The third kappa shape index (κ3) is 3.93. The molecule has 0 heterocycles. The van der Waals surface area contributed by atoms with Gasteiger partial charge in [0.2, 0.25) is 5.91 Å². The van der Waals surface area contributed by atoms with Crippen LogP contribution in [0.15, 0.2) is 12.1 Å². The van der Waals surface area contributed by atoms with Gasteiger partial charge in [0.1, 0.15) is 5.82 Å². The van der Waals surface area contributed by atoms with Gasteiger partial charge in [-0.05, 0) is 45.4 Å². The van der Waals surface area contributed by atoms with E-state index in [1.165, 1.54) is 6.07 Å². The lowest BCUT2D eigenvalue weighted by Crippen LogP contribution is -2.37. The average Bonchev–Trinajstić information content (AvgIpc) is 2.39. The molecule has 0 aliphatic carbocycles. The maximum Gasteiger partial charge on any atom is 0.239 e. The van der Waals surface area contributed by atoms with Crippen LogP contribution in [-0.2, 0) is 4.79 Å². The van der Waals surface area contributed by atoms with Gasteiger partial charge in [0.25, 0.3) is 0 Å². The van der Waals surface area contributed by atoms with E-state index < -0.39 is 6.10 Å². The Labute approximate surface area is 119 Å². The van der Waals surface area contributed by atoms with E-state index in [0.29, 0.717) is 29.9 Å². The molecule has 0 spiro atoms. The molecule has 0 aromatic heterocycles. The van der Waals surface area contributed by atoms with Gasteiger partial charge in [-0.1, -0.05) is 0 Å². The maximum atomic E-state index is 13.7. The summed E-state index contributed by atoms with van der Waals surface area (Å²) < 4.78 is 13.7. The number of hydrogen-bond acceptors (Lipinski definition) is 3. The van der Waals surface area contributed by atoms with Crippen molar-refractivity contribution in [3.05, 3.63) is 29.1 Å². The predicted molar refractivity (Wildman–Crippen MR) is 78.3 cm³/mol. The van der Waals surface area contributed by atoms with Gasteiger partial charge in [0.05, 0.1) is 12.6 Å². The molecular formula is C15H23FN2O2. The highest BCUT2D eigenvalue weighted by Crippen LogP contribution is 2.29. The highest BCUT2D eigenvalue weighted by atomic mass is 19.1. The van der Waals surface area contributed by atoms with Gasteiger partial charge in [-0.15, -0.1) is 0 Å². The minimum Gasteiger partial charge on any atom is -0.389 e. The van der Waals surface area contributed by atoms with E-state index in [-0.39, 0.29) is 18.3 Å². The second-order valence-electron chi connectivity index (χ2n) is 4.80. The molecule has 1 amide bonds. The zero-order valence-corrected chi connectivity index (χ0v) is 12.5. The van der Waals surface area contributed by atoms with Crippen LogP contribution in [-0.4, -0.2) is 30.6 Å². The molecule has 0 aliphatic rings. The first-order valence-corrected chi connectivity index (χ1v) is 6.90. The standard InChI is InChI=1S/C15H23FN2O2/c1-5-17-15(20)9-18(6-2)14-7-10(3)13(16)8-12(14)11(4)19/h7-8,11,19H,5-6,9H2,1-4H3,(H,17,20). The number of likely N-dealkylation sites (N-methyl/N-ethyl adjacent to an activating group) is 2. The van der Waals surface area contributed by atoms with Crippen molar-refractivity contribution < 1.29 is 14.3 Å². The molecule has 0 radical (unpaired) electrons. The molecule has 1 aromatic rings. The zero-order chi connectivity index (χ0) is 15.3. The number of carbonyl (C=O) groups is 1. The van der Waals surface area contributed by atoms with Crippen molar-refractivity contribution in [1.82, 2.24) is 5.32 Å². The molecular weight excluding hydrogens is 259 g/mol. The Bertz CT molecular complexity index is 475. The van der Waals surface area contributed by atoms with Crippen molar-refractivity contribution >= 4 is 11.6 Å². The number of carbonyl (C=O) groups excluding carboxylic acids is 1. The van der Waals surface area contributed by atoms with Crippen molar-refractivity contribution in [2.24, 2.45) is 0 Å². The number of aliphatic hydroxyl groups excluding tert-OH is 1. The quantitative estimate of drug-likeness (QED) is 0.840. The molecule has 1 aromatic carbocycles. The van der Waals surface area contributed by atoms with E-state index in [1.54, 1.807) is 19.9 Å². The summed E-state index contributed by atoms with van der Waals surface area (Å²) in [6, 6.07) is 3.02. The van der Waals surface area contributed by atoms with Gasteiger partial charge in [-0.3, -0.25) is 4.79 Å². The fraction of sp³-hybridized carbons (Fsp3) is 0.533. The van der Waals surface area contributed by atoms with Gasteiger partial charge in [0, 0.05) is 24.3 Å². The molecule has 0 fully saturated rings. The van der Waals surface area contributed by atoms with Crippen LogP contribution in [0.1, 0.15) is 38.0 Å². The van der Waals surface area contributed by atoms with Crippen LogP contribution in [0, 0.1) is 12.7 Å². The van der Waals surface area contributed by atoms with Gasteiger partial charge in [-0.2, -0.15) is 0 Å². The number of halogens is 1. The van der Waals surface area contributed by atoms with E-state index in [2.05, 4.69) is 5.32 Å². The Morgan fingerprint density at radius 3 is 2.60 bits per heavy atom. The first-order valence-electron chi connectivity index (χ1n) is 6.90. The second kappa shape index (κ2) is 7.24. The molecule has 4 nitrogen and oxygen atoms in total. The molecule has 1 atom stereocenters. The Morgan fingerprint density at radius 1 is 1.45 bits per heavy atom. The largest absolute Gasteiger partial charge is 0.389 e. The number of nitrogens with zero attached hydrogens (tertiary/aromatic N) is 1. The molecule has 0 bridgehead atoms. The fourth-order valence-corrected chi connectivity index (χ4v) is 2.08. The van der Waals surface area contributed by atoms with Crippen molar-refractivity contribution in [3.8, 4) is 0 Å². The minimum atomic E-state index is -0.789. The molecule has 2 N–H and O–H groups in total. The van der Waals surface area contributed by atoms with Crippen LogP contribution >= 0.6 is 0 Å². The first kappa shape index (κ1) is 16.4. The van der Waals surface area contributed by atoms with Crippen molar-refractivity contribution in [2.45, 2.75) is 33.8 Å². The summed E-state index contributed by atoms with van der Waals surface area (Å²) in [6.45, 7) is 8.40. The lowest BCUT2D eigenvalue weighted by atomic mass is 10.0. The van der Waals surface area contributed by atoms with Crippen molar-refractivity contribution in [1.29, 1.82) is 0 Å². The van der Waals surface area contributed by atoms with Crippen LogP contribution in [0.3, 0.4) is 0 Å². The van der Waals surface area contributed by atoms with E-state index in [0.717, 1.165) is 0 Å². The fourth-order valence-electron chi connectivity index (χ4n) is 2.08. The molecule has 1 unspecified atom stereocenters. The zero-order valence-electron chi connectivity index (χ0n) is 12.5. The summed E-state index contributed by atoms with van der Waals surface area (Å²) in [5.74, 6) is -0.438. The van der Waals surface area contributed by atoms with Crippen LogP contribution in [0.2, 0.25) is 0 Å². The molecule has 112 valence electrons. The van der Waals surface area contributed by atoms with Gasteiger partial charge < -0.3 is 15.3 Å². The predicted octanol–water partition coefficient (Wildman–Crippen LogP) is 2.15. The number of anilines is 1. The summed E-state index contributed by atoms with van der Waals surface area (Å²) in [5.41, 5.74) is 1.70. The minimum absolute atomic E-state index is 0.0899. The van der Waals surface area contributed by atoms with Gasteiger partial charge in [0.15, 0.2) is 0 Å². The number of benzene rings is 1. The number of nitrogens with one attached hydrogen (secondary N) is 1. The van der Waals surface area contributed by atoms with Gasteiger partial charge >= 0.3 is 0 Å². The van der Waals surface area contributed by atoms with E-state index in [9.17, 15) is 14.3 Å². The van der Waals surface area contributed by atoms with Crippen molar-refractivity contribution in [3.63, 3.8) is 0 Å². The van der Waals surface area contributed by atoms with E-state index in [4.69, 9.17) is 0 Å². The third-order valence-corrected chi connectivity index (χ3v) is 3.19. The second-order valence-corrected chi connectivity index (χ2v) is 4.80. The molecule has 0 saturated heterocycles.